The number of carbonyl (C=O) groups is 9. The number of carbonyl (C=O) groups excluding carboxylic acids is 8. The maximum atomic E-state index is 14.2. The van der Waals surface area contributed by atoms with Crippen molar-refractivity contribution in [3.63, 3.8) is 0 Å². The summed E-state index contributed by atoms with van der Waals surface area (Å²) in [4.78, 5) is 120. The van der Waals surface area contributed by atoms with Crippen molar-refractivity contribution < 1.29 is 100 Å². The molecule has 0 spiro atoms. The summed E-state index contributed by atoms with van der Waals surface area (Å²) >= 11 is 0. The van der Waals surface area contributed by atoms with Crippen molar-refractivity contribution in [2.24, 2.45) is 0 Å². The molecule has 0 saturated carbocycles. The molecule has 0 aromatic carbocycles. The lowest BCUT2D eigenvalue weighted by molar-refractivity contribution is -0.142. The molecule has 0 aliphatic carbocycles. The molecule has 29 heteroatoms. The zero-order valence-electron chi connectivity index (χ0n) is 45.1. The van der Waals surface area contributed by atoms with E-state index in [1.54, 1.807) is 20.8 Å². The molecule has 0 aliphatic rings. The Bertz CT molecular complexity index is 1690. The molecule has 75 heavy (non-hydrogen) atoms. The third-order valence-corrected chi connectivity index (χ3v) is 10.1. The van der Waals surface area contributed by atoms with Crippen LogP contribution in [0.4, 0.5) is 4.79 Å². The van der Waals surface area contributed by atoms with Gasteiger partial charge in [0.25, 0.3) is 0 Å². The summed E-state index contributed by atoms with van der Waals surface area (Å²) in [7, 11) is 7.33. The van der Waals surface area contributed by atoms with Crippen LogP contribution >= 0.6 is 0 Å². The molecule has 8 amide bonds. The minimum absolute atomic E-state index is 0.0189. The first-order valence-electron chi connectivity index (χ1n) is 24.5. The zero-order valence-corrected chi connectivity index (χ0v) is 45.1. The van der Waals surface area contributed by atoms with E-state index in [0.29, 0.717) is 0 Å². The minimum Gasteiger partial charge on any atom is -0.480 e. The number of rotatable bonds is 45. The number of nitrogens with zero attached hydrogens (tertiary/aromatic N) is 1. The summed E-state index contributed by atoms with van der Waals surface area (Å²) in [5.74, 6) is -6.57. The van der Waals surface area contributed by atoms with E-state index in [9.17, 15) is 48.3 Å². The van der Waals surface area contributed by atoms with Gasteiger partial charge in [0.05, 0.1) is 72.5 Å². The average molecular weight is 1090 g/mol. The quantitative estimate of drug-likeness (QED) is 0.0246. The van der Waals surface area contributed by atoms with Gasteiger partial charge in [-0.05, 0) is 53.9 Å². The number of methoxy groups -OCH3 is 5. The Balaban J connectivity index is 6.65. The number of carboxylic acid groups (broad SMARTS) is 1. The van der Waals surface area contributed by atoms with E-state index in [0.717, 1.165) is 4.90 Å². The lowest BCUT2D eigenvalue weighted by atomic mass is 10.1. The van der Waals surface area contributed by atoms with Crippen LogP contribution in [0, 0.1) is 0 Å². The second-order valence-electron chi connectivity index (χ2n) is 16.4. The SMILES string of the molecule is COCCOC(C)NC(=O)CCC(NC(=O)CCC(NC(=O)CCOC(=O)N(CC(=O)O)C(C)OCCOC)C(=O)NC(CCC(=O)NC(C)OCCOC)C(=O)NC(C)OCCOC)C(=O)NC(C)OCCOC. The number of hydrogen-bond donors (Lipinski definition) is 8. The molecule has 0 bridgehead atoms. The van der Waals surface area contributed by atoms with Gasteiger partial charge >= 0.3 is 12.1 Å². The number of ether oxygens (including phenoxy) is 11. The van der Waals surface area contributed by atoms with E-state index in [2.05, 4.69) is 37.2 Å². The van der Waals surface area contributed by atoms with Crippen LogP contribution in [0.5, 0.6) is 0 Å². The molecule has 0 aromatic heterocycles. The maximum absolute atomic E-state index is 14.2. The van der Waals surface area contributed by atoms with Crippen molar-refractivity contribution in [1.29, 1.82) is 0 Å². The molecule has 0 saturated heterocycles. The molecule has 8 atom stereocenters. The second kappa shape index (κ2) is 42.8. The van der Waals surface area contributed by atoms with Crippen LogP contribution in [-0.2, 0) is 90.5 Å². The highest BCUT2D eigenvalue weighted by atomic mass is 16.6. The van der Waals surface area contributed by atoms with Gasteiger partial charge in [-0.25, -0.2) is 4.79 Å². The Hall–Kier alpha value is -5.37. The Morgan fingerprint density at radius 2 is 0.693 bits per heavy atom. The third-order valence-electron chi connectivity index (χ3n) is 10.1. The molecule has 8 N–H and O–H groups in total. The van der Waals surface area contributed by atoms with Gasteiger partial charge in [0.2, 0.25) is 41.4 Å². The number of aliphatic carboxylic acids is 1. The fourth-order valence-corrected chi connectivity index (χ4v) is 6.23. The lowest BCUT2D eigenvalue weighted by Crippen LogP contribution is -2.55. The number of amides is 8. The van der Waals surface area contributed by atoms with Crippen LogP contribution in [0.15, 0.2) is 0 Å². The Labute approximate surface area is 438 Å². The van der Waals surface area contributed by atoms with Crippen LogP contribution in [0.3, 0.4) is 0 Å². The van der Waals surface area contributed by atoms with Gasteiger partial charge in [-0.1, -0.05) is 0 Å². The Morgan fingerprint density at radius 3 is 1.05 bits per heavy atom. The van der Waals surface area contributed by atoms with Crippen LogP contribution < -0.4 is 37.2 Å². The van der Waals surface area contributed by atoms with E-state index < -0.39 is 135 Å². The molecule has 0 aromatic rings. The second-order valence-corrected chi connectivity index (χ2v) is 16.4. The summed E-state index contributed by atoms with van der Waals surface area (Å²) in [5.41, 5.74) is 0. The van der Waals surface area contributed by atoms with Crippen molar-refractivity contribution in [2.75, 3.05) is 115 Å². The monoisotopic (exact) mass is 1080 g/mol. The first-order valence-corrected chi connectivity index (χ1v) is 24.5. The third kappa shape index (κ3) is 35.5. The topological polar surface area (TPSA) is 363 Å². The van der Waals surface area contributed by atoms with Crippen molar-refractivity contribution >= 4 is 53.4 Å². The molecular formula is C46H84N8O21. The smallest absolute Gasteiger partial charge is 0.412 e. The predicted molar refractivity (Wildman–Crippen MR) is 263 cm³/mol. The molecule has 0 aliphatic heterocycles. The van der Waals surface area contributed by atoms with Gasteiger partial charge in [0, 0.05) is 54.8 Å². The largest absolute Gasteiger partial charge is 0.480 e. The summed E-state index contributed by atoms with van der Waals surface area (Å²) in [6.07, 6.45) is -7.93. The summed E-state index contributed by atoms with van der Waals surface area (Å²) in [5, 5.41) is 27.5. The molecule has 0 fully saturated rings. The molecule has 0 radical (unpaired) electrons. The fraction of sp³-hybridized carbons (Fsp3) is 0.804. The van der Waals surface area contributed by atoms with Crippen molar-refractivity contribution in [3.8, 4) is 0 Å². The summed E-state index contributed by atoms with van der Waals surface area (Å²) in [6.45, 7) is 8.01. The van der Waals surface area contributed by atoms with E-state index in [-0.39, 0.29) is 91.8 Å². The van der Waals surface area contributed by atoms with Gasteiger partial charge in [-0.3, -0.25) is 43.3 Å². The predicted octanol–water partition coefficient (Wildman–Crippen LogP) is -1.80. The highest BCUT2D eigenvalue weighted by Crippen LogP contribution is 2.09. The first-order chi connectivity index (χ1) is 35.7. The molecule has 434 valence electrons. The van der Waals surface area contributed by atoms with Gasteiger partial charge in [0.1, 0.15) is 62.4 Å². The molecule has 0 heterocycles. The van der Waals surface area contributed by atoms with Crippen molar-refractivity contribution in [3.05, 3.63) is 0 Å². The molecule has 8 unspecified atom stereocenters. The van der Waals surface area contributed by atoms with Gasteiger partial charge in [-0.15, -0.1) is 0 Å². The van der Waals surface area contributed by atoms with Gasteiger partial charge in [0.15, 0.2) is 0 Å². The van der Waals surface area contributed by atoms with Crippen LogP contribution in [0.2, 0.25) is 0 Å². The van der Waals surface area contributed by atoms with Crippen molar-refractivity contribution in [1.82, 2.24) is 42.1 Å². The number of nitrogens with one attached hydrogen (secondary N) is 7. The van der Waals surface area contributed by atoms with E-state index >= 15 is 0 Å². The highest BCUT2D eigenvalue weighted by molar-refractivity contribution is 5.93. The van der Waals surface area contributed by atoms with Crippen LogP contribution in [0.25, 0.3) is 0 Å². The highest BCUT2D eigenvalue weighted by Gasteiger charge is 2.31. The fourth-order valence-electron chi connectivity index (χ4n) is 6.23. The molecular weight excluding hydrogens is 1000 g/mol. The van der Waals surface area contributed by atoms with E-state index in [1.165, 1.54) is 49.4 Å². The maximum Gasteiger partial charge on any atom is 0.412 e. The molecule has 29 nitrogen and oxygen atoms in total. The normalized spacial score (nSPS) is 14.3. The van der Waals surface area contributed by atoms with Crippen LogP contribution in [0.1, 0.15) is 79.6 Å². The van der Waals surface area contributed by atoms with E-state index in [1.807, 2.05) is 0 Å². The van der Waals surface area contributed by atoms with Gasteiger partial charge in [-0.2, -0.15) is 0 Å². The number of carboxylic acids is 1. The van der Waals surface area contributed by atoms with Crippen LogP contribution in [-0.4, -0.2) is 227 Å². The Morgan fingerprint density at radius 1 is 0.387 bits per heavy atom. The van der Waals surface area contributed by atoms with Crippen molar-refractivity contribution in [2.45, 2.75) is 129 Å². The Kier molecular flexibility index (Phi) is 39.7. The zero-order chi connectivity index (χ0) is 56.6. The average Bonchev–Trinajstić information content (AvgIpc) is 3.34. The lowest BCUT2D eigenvalue weighted by Gasteiger charge is -2.27. The summed E-state index contributed by atoms with van der Waals surface area (Å²) in [6, 6.07) is -4.33. The first kappa shape index (κ1) is 69.6. The van der Waals surface area contributed by atoms with Gasteiger partial charge < -0.3 is 94.4 Å². The van der Waals surface area contributed by atoms with E-state index in [4.69, 9.17) is 52.1 Å². The minimum atomic E-state index is -1.59. The standard InChI is InChI=1S/C46H84N8O21/c1-30(70-24-19-65-6)47-38(55)14-11-35(43(61)49-32(3)72-26-21-67-8)51-40(57)16-12-36(52-41(58)17-18-75-46(64)54(29-42(59)60)34(5)74-28-23-69-10)45(63)53-37(44(62)50-33(4)73-27-22-68-9)13-15-39(56)48-31(2)71-25-20-66-7/h30-37H,11-29H2,1-10H3,(H,47,55)(H,48,56)(H,49,61)(H,50,62)(H,51,57)(H,52,58)(H,53,63)(H,59,60). The summed E-state index contributed by atoms with van der Waals surface area (Å²) < 4.78 is 57.5. The number of hydrogen-bond acceptors (Lipinski definition) is 20. The molecule has 0 rings (SSSR count).